The maximum absolute atomic E-state index is 14.9. The molecular formula is C18H23FN4O4S. The number of rotatable bonds is 7. The van der Waals surface area contributed by atoms with Crippen molar-refractivity contribution in [1.82, 2.24) is 4.72 Å². The Balaban J connectivity index is 1.72. The van der Waals surface area contributed by atoms with Crippen molar-refractivity contribution in [2.24, 2.45) is 10.7 Å². The highest BCUT2D eigenvalue weighted by molar-refractivity contribution is 7.99. The number of aliphatic imine (C=N–C) groups is 1. The highest BCUT2D eigenvalue weighted by Crippen LogP contribution is 2.35. The summed E-state index contributed by atoms with van der Waals surface area (Å²) in [6.45, 7) is -0.701. The third-order valence-electron chi connectivity index (χ3n) is 4.76. The molecule has 0 aromatic heterocycles. The van der Waals surface area contributed by atoms with Gasteiger partial charge in [-0.25, -0.2) is 4.39 Å². The van der Waals surface area contributed by atoms with E-state index < -0.39 is 18.3 Å². The van der Waals surface area contributed by atoms with Crippen molar-refractivity contribution in [1.29, 1.82) is 0 Å². The van der Waals surface area contributed by atoms with Crippen LogP contribution in [-0.4, -0.2) is 47.2 Å². The van der Waals surface area contributed by atoms with Gasteiger partial charge in [-0.3, -0.25) is 14.5 Å². The molecule has 2 atom stereocenters. The van der Waals surface area contributed by atoms with E-state index >= 15 is 0 Å². The molecule has 28 heavy (non-hydrogen) atoms. The molecule has 2 aliphatic heterocycles. The van der Waals surface area contributed by atoms with Crippen molar-refractivity contribution >= 4 is 35.5 Å². The number of carbonyl (C=O) groups excluding carboxylic acids is 1. The van der Waals surface area contributed by atoms with Gasteiger partial charge in [0, 0.05) is 23.6 Å². The molecule has 0 aliphatic carbocycles. The number of halogens is 1. The monoisotopic (exact) mass is 410 g/mol. The molecule has 6 N–H and O–H groups in total. The van der Waals surface area contributed by atoms with Crippen LogP contribution in [-0.2, 0) is 9.53 Å². The maximum Gasteiger partial charge on any atom is 0.256 e. The van der Waals surface area contributed by atoms with E-state index in [1.54, 1.807) is 6.21 Å². The smallest absolute Gasteiger partial charge is 0.256 e. The summed E-state index contributed by atoms with van der Waals surface area (Å²) in [7, 11) is 0. The molecule has 1 aromatic rings. The zero-order chi connectivity index (χ0) is 20.1. The number of carbonyl (C=O) groups is 1. The second-order valence-electron chi connectivity index (χ2n) is 6.69. The molecule has 2 saturated heterocycles. The summed E-state index contributed by atoms with van der Waals surface area (Å²) < 4.78 is 25.5. The molecule has 0 radical (unpaired) electrons. The average Bonchev–Trinajstić information content (AvgIpc) is 3.04. The Labute approximate surface area is 166 Å². The first-order valence-corrected chi connectivity index (χ1v) is 9.77. The van der Waals surface area contributed by atoms with Crippen LogP contribution in [0, 0.1) is 5.82 Å². The molecule has 10 heteroatoms. The molecule has 3 rings (SSSR count). The van der Waals surface area contributed by atoms with Gasteiger partial charge in [-0.15, -0.1) is 0 Å². The summed E-state index contributed by atoms with van der Waals surface area (Å²) in [6.07, 6.45) is 7.11. The van der Waals surface area contributed by atoms with E-state index in [4.69, 9.17) is 15.6 Å². The second kappa shape index (κ2) is 9.26. The maximum atomic E-state index is 14.9. The van der Waals surface area contributed by atoms with Crippen molar-refractivity contribution in [2.45, 2.75) is 43.9 Å². The Morgan fingerprint density at radius 3 is 2.75 bits per heavy atom. The van der Waals surface area contributed by atoms with Crippen LogP contribution in [0.3, 0.4) is 0 Å². The van der Waals surface area contributed by atoms with Gasteiger partial charge >= 0.3 is 0 Å². The van der Waals surface area contributed by atoms with Gasteiger partial charge < -0.3 is 25.4 Å². The van der Waals surface area contributed by atoms with Gasteiger partial charge in [-0.05, 0) is 37.8 Å². The van der Waals surface area contributed by atoms with E-state index in [1.807, 2.05) is 0 Å². The fraction of sp³-hybridized carbons (Fsp3) is 0.444. The number of nitrogens with zero attached hydrogens (tertiary/aromatic N) is 1. The van der Waals surface area contributed by atoms with Crippen molar-refractivity contribution in [2.75, 3.05) is 11.3 Å². The molecule has 1 amide bonds. The molecule has 2 bridgehead atoms. The predicted octanol–water partition coefficient (Wildman–Crippen LogP) is 1.70. The molecule has 1 aromatic carbocycles. The van der Waals surface area contributed by atoms with Crippen LogP contribution in [0.4, 0.5) is 10.1 Å². The van der Waals surface area contributed by atoms with Gasteiger partial charge in [0.15, 0.2) is 5.82 Å². The van der Waals surface area contributed by atoms with Gasteiger partial charge in [0.1, 0.15) is 18.0 Å². The number of hydrogen-bond donors (Lipinski definition) is 5. The highest BCUT2D eigenvalue weighted by atomic mass is 32.2. The van der Waals surface area contributed by atoms with E-state index in [2.05, 4.69) is 14.4 Å². The lowest BCUT2D eigenvalue weighted by atomic mass is 10.0. The number of anilines is 1. The van der Waals surface area contributed by atoms with E-state index in [1.165, 1.54) is 18.3 Å². The number of hydrogen-bond acceptors (Lipinski definition) is 8. The van der Waals surface area contributed by atoms with Crippen LogP contribution in [0.5, 0.6) is 5.75 Å². The predicted molar refractivity (Wildman–Crippen MR) is 106 cm³/mol. The lowest BCUT2D eigenvalue weighted by Gasteiger charge is -2.25. The SMILES string of the molecule is N/C=C(\C=NC1CC2CCC(C1)O2)c1ccc(O)c(NSNC(=O)CO)c1F. The third-order valence-corrected chi connectivity index (χ3v) is 5.40. The Morgan fingerprint density at radius 2 is 2.11 bits per heavy atom. The lowest BCUT2D eigenvalue weighted by molar-refractivity contribution is -0.121. The Kier molecular flexibility index (Phi) is 6.76. The summed E-state index contributed by atoms with van der Waals surface area (Å²) in [5, 5.41) is 18.6. The minimum absolute atomic E-state index is 0.114. The molecular weight excluding hydrogens is 387 g/mol. The summed E-state index contributed by atoms with van der Waals surface area (Å²) in [5.41, 5.74) is 6.02. The molecule has 8 nitrogen and oxygen atoms in total. The van der Waals surface area contributed by atoms with Crippen LogP contribution < -0.4 is 15.2 Å². The first kappa shape index (κ1) is 20.4. The summed E-state index contributed by atoms with van der Waals surface area (Å²) >= 11 is 0.631. The molecule has 2 unspecified atom stereocenters. The Morgan fingerprint density at radius 1 is 1.39 bits per heavy atom. The first-order chi connectivity index (χ1) is 13.5. The molecule has 152 valence electrons. The topological polar surface area (TPSA) is 129 Å². The standard InChI is InChI=1S/C18H23FN4O4S/c19-17-14(3-4-15(25)18(17)23-28-22-16(26)9-24)10(7-20)8-21-11-5-12-1-2-13(6-11)27-12/h3-4,7-8,11-13,23-25H,1-2,5-6,9,20H2,(H,22,26)/b10-7+,21-8?. The number of phenols is 1. The van der Waals surface area contributed by atoms with E-state index in [9.17, 15) is 14.3 Å². The summed E-state index contributed by atoms with van der Waals surface area (Å²) in [6, 6.07) is 2.84. The van der Waals surface area contributed by atoms with Gasteiger partial charge in [0.05, 0.1) is 30.4 Å². The first-order valence-electron chi connectivity index (χ1n) is 8.95. The zero-order valence-corrected chi connectivity index (χ0v) is 15.9. The highest BCUT2D eigenvalue weighted by Gasteiger charge is 2.34. The normalized spacial score (nSPS) is 24.5. The van der Waals surface area contributed by atoms with Crippen LogP contribution >= 0.6 is 12.1 Å². The minimum atomic E-state index is -0.735. The summed E-state index contributed by atoms with van der Waals surface area (Å²) in [5.74, 6) is -1.73. The van der Waals surface area contributed by atoms with E-state index in [0.29, 0.717) is 17.7 Å². The molecule has 2 aliphatic rings. The molecule has 0 saturated carbocycles. The number of nitrogens with two attached hydrogens (primary N) is 1. The van der Waals surface area contributed by atoms with Gasteiger partial charge in [0.2, 0.25) is 0 Å². The second-order valence-corrected chi connectivity index (χ2v) is 7.30. The fourth-order valence-corrected chi connectivity index (χ4v) is 3.92. The number of fused-ring (bicyclic) bond motifs is 2. The number of aromatic hydroxyl groups is 1. The molecule has 2 fully saturated rings. The van der Waals surface area contributed by atoms with Crippen molar-refractivity contribution < 1.29 is 24.1 Å². The van der Waals surface area contributed by atoms with Crippen LogP contribution in [0.2, 0.25) is 0 Å². The quantitative estimate of drug-likeness (QED) is 0.263. The average molecular weight is 410 g/mol. The fourth-order valence-electron chi connectivity index (χ4n) is 3.39. The number of phenolic OH excluding ortho intramolecular Hbond substituents is 1. The Hall–Kier alpha value is -2.30. The molecule has 2 heterocycles. The summed E-state index contributed by atoms with van der Waals surface area (Å²) in [4.78, 5) is 15.6. The minimum Gasteiger partial charge on any atom is -0.506 e. The Bertz CT molecular complexity index is 777. The van der Waals surface area contributed by atoms with Crippen molar-refractivity contribution in [3.8, 4) is 5.75 Å². The van der Waals surface area contributed by atoms with Crippen molar-refractivity contribution in [3.63, 3.8) is 0 Å². The third kappa shape index (κ3) is 4.75. The number of benzene rings is 1. The van der Waals surface area contributed by atoms with E-state index in [0.717, 1.165) is 25.7 Å². The number of aliphatic hydroxyl groups is 1. The number of ether oxygens (including phenoxy) is 1. The van der Waals surface area contributed by atoms with Crippen LogP contribution in [0.1, 0.15) is 31.2 Å². The largest absolute Gasteiger partial charge is 0.506 e. The van der Waals surface area contributed by atoms with Crippen LogP contribution in [0.15, 0.2) is 23.3 Å². The lowest BCUT2D eigenvalue weighted by Crippen LogP contribution is -2.27. The van der Waals surface area contributed by atoms with Gasteiger partial charge in [-0.2, -0.15) is 0 Å². The van der Waals surface area contributed by atoms with Gasteiger partial charge in [-0.1, -0.05) is 0 Å². The number of nitrogens with one attached hydrogen (secondary N) is 2. The number of aliphatic hydroxyl groups excluding tert-OH is 1. The zero-order valence-electron chi connectivity index (χ0n) is 15.1. The van der Waals surface area contributed by atoms with E-state index in [-0.39, 0.29) is 35.3 Å². The number of amides is 1. The van der Waals surface area contributed by atoms with Crippen molar-refractivity contribution in [3.05, 3.63) is 29.7 Å². The molecule has 0 spiro atoms. The van der Waals surface area contributed by atoms with Crippen LogP contribution in [0.25, 0.3) is 5.57 Å². The number of allylic oxidation sites excluding steroid dienone is 1. The van der Waals surface area contributed by atoms with Gasteiger partial charge in [0.25, 0.3) is 5.91 Å².